The van der Waals surface area contributed by atoms with E-state index in [1.807, 2.05) is 31.2 Å². The van der Waals surface area contributed by atoms with E-state index in [0.717, 1.165) is 24.2 Å². The summed E-state index contributed by atoms with van der Waals surface area (Å²) in [4.78, 5) is 12.6. The summed E-state index contributed by atoms with van der Waals surface area (Å²) in [5.41, 5.74) is 2.92. The molecule has 32 heavy (non-hydrogen) atoms. The van der Waals surface area contributed by atoms with E-state index in [-0.39, 0.29) is 10.8 Å². The molecule has 0 bridgehead atoms. The van der Waals surface area contributed by atoms with Gasteiger partial charge in [-0.1, -0.05) is 49.2 Å². The van der Waals surface area contributed by atoms with Crippen molar-refractivity contribution in [2.45, 2.75) is 31.6 Å². The first-order chi connectivity index (χ1) is 15.4. The predicted molar refractivity (Wildman–Crippen MR) is 127 cm³/mol. The molecule has 0 saturated carbocycles. The summed E-state index contributed by atoms with van der Waals surface area (Å²) in [6, 6.07) is 20.9. The van der Waals surface area contributed by atoms with Crippen LogP contribution in [0.5, 0.6) is 5.75 Å². The van der Waals surface area contributed by atoms with E-state index >= 15 is 0 Å². The van der Waals surface area contributed by atoms with Crippen LogP contribution in [0.15, 0.2) is 77.7 Å². The lowest BCUT2D eigenvalue weighted by molar-refractivity contribution is 0.0947. The number of hydrogen-bond acceptors (Lipinski definition) is 4. The normalized spacial score (nSPS) is 11.1. The molecule has 0 aliphatic rings. The molecule has 3 rings (SSSR count). The molecule has 0 radical (unpaired) electrons. The zero-order valence-corrected chi connectivity index (χ0v) is 19.1. The SMILES string of the molecule is CCCc1ccc(OCCNC(=O)c2cccc(NS(=O)(=O)c3ccc(C)cc3)c2)cc1. The Balaban J connectivity index is 1.53. The van der Waals surface area contributed by atoms with Gasteiger partial charge in [0.2, 0.25) is 0 Å². The van der Waals surface area contributed by atoms with E-state index in [4.69, 9.17) is 4.74 Å². The van der Waals surface area contributed by atoms with Crippen molar-refractivity contribution < 1.29 is 17.9 Å². The van der Waals surface area contributed by atoms with Crippen molar-refractivity contribution in [3.8, 4) is 5.75 Å². The summed E-state index contributed by atoms with van der Waals surface area (Å²) in [6.07, 6.45) is 2.14. The van der Waals surface area contributed by atoms with Crippen LogP contribution in [0.3, 0.4) is 0 Å². The second-order valence-corrected chi connectivity index (χ2v) is 9.18. The van der Waals surface area contributed by atoms with Gasteiger partial charge in [-0.3, -0.25) is 9.52 Å². The quantitative estimate of drug-likeness (QED) is 0.442. The highest BCUT2D eigenvalue weighted by atomic mass is 32.2. The summed E-state index contributed by atoms with van der Waals surface area (Å²) in [7, 11) is -3.73. The summed E-state index contributed by atoms with van der Waals surface area (Å²) < 4.78 is 33.3. The zero-order valence-electron chi connectivity index (χ0n) is 18.3. The monoisotopic (exact) mass is 452 g/mol. The molecule has 3 aromatic rings. The van der Waals surface area contributed by atoms with Crippen LogP contribution >= 0.6 is 0 Å². The summed E-state index contributed by atoms with van der Waals surface area (Å²) >= 11 is 0. The van der Waals surface area contributed by atoms with Gasteiger partial charge in [0.05, 0.1) is 11.4 Å². The Bertz CT molecular complexity index is 1140. The number of ether oxygens (including phenoxy) is 1. The first-order valence-electron chi connectivity index (χ1n) is 10.6. The standard InChI is InChI=1S/C25H28N2O4S/c1-3-5-20-10-12-23(13-11-20)31-17-16-26-25(28)21-6-4-7-22(18-21)27-32(29,30)24-14-8-19(2)9-15-24/h4,6-15,18,27H,3,5,16-17H2,1-2H3,(H,26,28). The first kappa shape index (κ1) is 23.3. The molecule has 0 heterocycles. The molecule has 0 aliphatic carbocycles. The van der Waals surface area contributed by atoms with Crippen molar-refractivity contribution in [3.05, 3.63) is 89.5 Å². The highest BCUT2D eigenvalue weighted by Gasteiger charge is 2.15. The molecule has 0 aromatic heterocycles. The number of benzene rings is 3. The molecule has 2 N–H and O–H groups in total. The maximum absolute atomic E-state index is 12.6. The maximum Gasteiger partial charge on any atom is 0.261 e. The molecular weight excluding hydrogens is 424 g/mol. The molecule has 0 fully saturated rings. The Morgan fingerprint density at radius 2 is 1.69 bits per heavy atom. The number of rotatable bonds is 10. The molecule has 168 valence electrons. The fourth-order valence-electron chi connectivity index (χ4n) is 3.13. The van der Waals surface area contributed by atoms with Crippen LogP contribution in [-0.2, 0) is 16.4 Å². The zero-order chi connectivity index (χ0) is 23.0. The number of nitrogens with one attached hydrogen (secondary N) is 2. The average molecular weight is 453 g/mol. The molecule has 7 heteroatoms. The van der Waals surface area contributed by atoms with E-state index in [2.05, 4.69) is 17.0 Å². The second-order valence-electron chi connectivity index (χ2n) is 7.50. The molecule has 0 unspecified atom stereocenters. The summed E-state index contributed by atoms with van der Waals surface area (Å²) in [5.74, 6) is 0.454. The minimum Gasteiger partial charge on any atom is -0.492 e. The van der Waals surface area contributed by atoms with E-state index in [1.165, 1.54) is 11.6 Å². The lowest BCUT2D eigenvalue weighted by Crippen LogP contribution is -2.28. The Kier molecular flexibility index (Phi) is 7.89. The topological polar surface area (TPSA) is 84.5 Å². The van der Waals surface area contributed by atoms with Crippen molar-refractivity contribution >= 4 is 21.6 Å². The van der Waals surface area contributed by atoms with Crippen LogP contribution in [0.4, 0.5) is 5.69 Å². The molecule has 3 aromatic carbocycles. The smallest absolute Gasteiger partial charge is 0.261 e. The Hall–Kier alpha value is -3.32. The molecular formula is C25H28N2O4S. The largest absolute Gasteiger partial charge is 0.492 e. The van der Waals surface area contributed by atoms with Gasteiger partial charge in [-0.2, -0.15) is 0 Å². The lowest BCUT2D eigenvalue weighted by Gasteiger charge is -2.11. The number of aryl methyl sites for hydroxylation is 2. The highest BCUT2D eigenvalue weighted by molar-refractivity contribution is 7.92. The number of amides is 1. The first-order valence-corrected chi connectivity index (χ1v) is 12.0. The average Bonchev–Trinajstić information content (AvgIpc) is 2.78. The van der Waals surface area contributed by atoms with Crippen molar-refractivity contribution in [2.24, 2.45) is 0 Å². The van der Waals surface area contributed by atoms with Gasteiger partial charge in [-0.15, -0.1) is 0 Å². The van der Waals surface area contributed by atoms with Gasteiger partial charge >= 0.3 is 0 Å². The highest BCUT2D eigenvalue weighted by Crippen LogP contribution is 2.18. The number of hydrogen-bond donors (Lipinski definition) is 2. The third-order valence-electron chi connectivity index (χ3n) is 4.83. The van der Waals surface area contributed by atoms with Gasteiger partial charge in [0, 0.05) is 11.3 Å². The predicted octanol–water partition coefficient (Wildman–Crippen LogP) is 4.56. The van der Waals surface area contributed by atoms with Crippen molar-refractivity contribution in [1.82, 2.24) is 5.32 Å². The third kappa shape index (κ3) is 6.59. The summed E-state index contributed by atoms with van der Waals surface area (Å²) in [5, 5.41) is 2.79. The molecule has 1 amide bonds. The van der Waals surface area contributed by atoms with Crippen LogP contribution in [0.1, 0.15) is 34.8 Å². The summed E-state index contributed by atoms with van der Waals surface area (Å²) in [6.45, 7) is 4.69. The number of carbonyl (C=O) groups is 1. The van der Waals surface area contributed by atoms with Gasteiger partial charge in [0.25, 0.3) is 15.9 Å². The lowest BCUT2D eigenvalue weighted by atomic mass is 10.1. The fourth-order valence-corrected chi connectivity index (χ4v) is 4.18. The van der Waals surface area contributed by atoms with Gasteiger partial charge in [-0.25, -0.2) is 8.42 Å². The minimum atomic E-state index is -3.73. The fraction of sp³-hybridized carbons (Fsp3) is 0.240. The second kappa shape index (κ2) is 10.8. The van der Waals surface area contributed by atoms with E-state index in [9.17, 15) is 13.2 Å². The Labute approximate surface area is 189 Å². The van der Waals surface area contributed by atoms with E-state index < -0.39 is 10.0 Å². The van der Waals surface area contributed by atoms with Crippen LogP contribution < -0.4 is 14.8 Å². The number of carbonyl (C=O) groups excluding carboxylic acids is 1. The van der Waals surface area contributed by atoms with Crippen LogP contribution in [0.25, 0.3) is 0 Å². The molecule has 0 atom stereocenters. The Morgan fingerprint density at radius 3 is 2.38 bits per heavy atom. The van der Waals surface area contributed by atoms with Gasteiger partial charge in [0.15, 0.2) is 0 Å². The number of sulfonamides is 1. The van der Waals surface area contributed by atoms with E-state index in [0.29, 0.717) is 24.4 Å². The van der Waals surface area contributed by atoms with Crippen molar-refractivity contribution in [3.63, 3.8) is 0 Å². The minimum absolute atomic E-state index is 0.165. The number of anilines is 1. The molecule has 0 aliphatic heterocycles. The Morgan fingerprint density at radius 1 is 0.969 bits per heavy atom. The molecule has 6 nitrogen and oxygen atoms in total. The van der Waals surface area contributed by atoms with Gasteiger partial charge in [0.1, 0.15) is 12.4 Å². The van der Waals surface area contributed by atoms with Crippen molar-refractivity contribution in [1.29, 1.82) is 0 Å². The van der Waals surface area contributed by atoms with Crippen LogP contribution in [0.2, 0.25) is 0 Å². The van der Waals surface area contributed by atoms with Crippen LogP contribution in [0, 0.1) is 6.92 Å². The van der Waals surface area contributed by atoms with Crippen LogP contribution in [-0.4, -0.2) is 27.5 Å². The van der Waals surface area contributed by atoms with Gasteiger partial charge < -0.3 is 10.1 Å². The third-order valence-corrected chi connectivity index (χ3v) is 6.22. The molecule has 0 spiro atoms. The van der Waals surface area contributed by atoms with E-state index in [1.54, 1.807) is 42.5 Å². The van der Waals surface area contributed by atoms with Crippen molar-refractivity contribution in [2.75, 3.05) is 17.9 Å². The molecule has 0 saturated heterocycles. The van der Waals surface area contributed by atoms with Gasteiger partial charge in [-0.05, 0) is 61.4 Å². The maximum atomic E-state index is 12.6.